The smallest absolute Gasteiger partial charge is 0.268 e. The highest BCUT2D eigenvalue weighted by Gasteiger charge is 2.39. The summed E-state index contributed by atoms with van der Waals surface area (Å²) in [5, 5.41) is 0. The van der Waals surface area contributed by atoms with E-state index < -0.39 is 0 Å². The third kappa shape index (κ3) is 4.44. The first-order valence-corrected chi connectivity index (χ1v) is 12.1. The van der Waals surface area contributed by atoms with Gasteiger partial charge >= 0.3 is 0 Å². The van der Waals surface area contributed by atoms with Crippen LogP contribution in [0.3, 0.4) is 0 Å². The topological polar surface area (TPSA) is 53.1 Å². The van der Waals surface area contributed by atoms with Gasteiger partial charge in [-0.15, -0.1) is 23.5 Å². The standard InChI is InChI=1S/C21H27N3O3S2/c1-27-17-7-3-2-6-16(17)23-12-10-22(11-13-23)8-4-5-9-24-20(25)18-19(21(24)26)29-15-14-28-18/h2-3,6-7H,4-5,8-15H2,1H3. The number of hydrogen-bond donors (Lipinski definition) is 0. The number of unbranched alkanes of at least 4 members (excludes halogenated alkanes) is 1. The Morgan fingerprint density at radius 3 is 2.17 bits per heavy atom. The van der Waals surface area contributed by atoms with Crippen LogP contribution >= 0.6 is 23.5 Å². The molecule has 0 aliphatic carbocycles. The molecule has 3 heterocycles. The lowest BCUT2D eigenvalue weighted by Crippen LogP contribution is -2.46. The van der Waals surface area contributed by atoms with Crippen molar-refractivity contribution in [3.05, 3.63) is 34.1 Å². The number of amides is 2. The number of methoxy groups -OCH3 is 1. The molecule has 0 unspecified atom stereocenters. The van der Waals surface area contributed by atoms with Gasteiger partial charge in [-0.05, 0) is 31.5 Å². The van der Waals surface area contributed by atoms with E-state index in [1.165, 1.54) is 28.4 Å². The summed E-state index contributed by atoms with van der Waals surface area (Å²) >= 11 is 3.07. The molecule has 1 aromatic carbocycles. The van der Waals surface area contributed by atoms with Gasteiger partial charge in [0.1, 0.15) is 5.75 Å². The summed E-state index contributed by atoms with van der Waals surface area (Å²) in [6, 6.07) is 8.17. The molecule has 1 saturated heterocycles. The molecule has 156 valence electrons. The second-order valence-electron chi connectivity index (χ2n) is 7.32. The van der Waals surface area contributed by atoms with Crippen LogP contribution in [0.4, 0.5) is 5.69 Å². The molecule has 3 aliphatic rings. The van der Waals surface area contributed by atoms with Gasteiger partial charge in [0.05, 0.1) is 22.6 Å². The van der Waals surface area contributed by atoms with Gasteiger partial charge in [0.15, 0.2) is 0 Å². The molecule has 1 aromatic rings. The van der Waals surface area contributed by atoms with Crippen LogP contribution in [0, 0.1) is 0 Å². The molecule has 0 saturated carbocycles. The van der Waals surface area contributed by atoms with Crippen LogP contribution in [-0.2, 0) is 9.59 Å². The van der Waals surface area contributed by atoms with E-state index >= 15 is 0 Å². The van der Waals surface area contributed by atoms with E-state index in [9.17, 15) is 9.59 Å². The van der Waals surface area contributed by atoms with Crippen molar-refractivity contribution in [1.29, 1.82) is 0 Å². The number of rotatable bonds is 7. The van der Waals surface area contributed by atoms with Crippen molar-refractivity contribution in [3.8, 4) is 5.75 Å². The SMILES string of the molecule is COc1ccccc1N1CCN(CCCCN2C(=O)C3=C(SCCS3)C2=O)CC1. The van der Waals surface area contributed by atoms with Crippen LogP contribution in [0.2, 0.25) is 0 Å². The highest BCUT2D eigenvalue weighted by molar-refractivity contribution is 8.11. The Labute approximate surface area is 180 Å². The molecule has 29 heavy (non-hydrogen) atoms. The molecule has 0 radical (unpaired) electrons. The van der Waals surface area contributed by atoms with Gasteiger partial charge in [0, 0.05) is 44.2 Å². The second-order valence-corrected chi connectivity index (χ2v) is 9.54. The van der Waals surface area contributed by atoms with Crippen molar-refractivity contribution < 1.29 is 14.3 Å². The van der Waals surface area contributed by atoms with Gasteiger partial charge in [-0.25, -0.2) is 0 Å². The maximum absolute atomic E-state index is 12.5. The number of anilines is 1. The summed E-state index contributed by atoms with van der Waals surface area (Å²) in [7, 11) is 1.72. The first kappa shape index (κ1) is 20.6. The zero-order chi connectivity index (χ0) is 20.2. The minimum atomic E-state index is -0.0763. The monoisotopic (exact) mass is 433 g/mol. The highest BCUT2D eigenvalue weighted by atomic mass is 32.2. The van der Waals surface area contributed by atoms with Gasteiger partial charge in [-0.2, -0.15) is 0 Å². The van der Waals surface area contributed by atoms with Crippen LogP contribution in [0.1, 0.15) is 12.8 Å². The van der Waals surface area contributed by atoms with E-state index in [1.54, 1.807) is 7.11 Å². The Hall–Kier alpha value is -1.64. The molecular weight excluding hydrogens is 406 g/mol. The lowest BCUT2D eigenvalue weighted by molar-refractivity contribution is -0.137. The molecule has 0 bridgehead atoms. The molecular formula is C21H27N3O3S2. The Morgan fingerprint density at radius 1 is 0.897 bits per heavy atom. The third-order valence-corrected chi connectivity index (χ3v) is 8.10. The van der Waals surface area contributed by atoms with Crippen molar-refractivity contribution in [2.75, 3.05) is 62.8 Å². The molecule has 3 aliphatic heterocycles. The summed E-state index contributed by atoms with van der Waals surface area (Å²) in [5.74, 6) is 2.60. The zero-order valence-electron chi connectivity index (χ0n) is 16.8. The van der Waals surface area contributed by atoms with E-state index in [4.69, 9.17) is 4.74 Å². The highest BCUT2D eigenvalue weighted by Crippen LogP contribution is 2.40. The van der Waals surface area contributed by atoms with Crippen molar-refractivity contribution in [2.24, 2.45) is 0 Å². The van der Waals surface area contributed by atoms with Crippen molar-refractivity contribution in [1.82, 2.24) is 9.80 Å². The molecule has 8 heteroatoms. The summed E-state index contributed by atoms with van der Waals surface area (Å²) < 4.78 is 5.48. The maximum atomic E-state index is 12.5. The first-order valence-electron chi connectivity index (χ1n) is 10.2. The maximum Gasteiger partial charge on any atom is 0.268 e. The number of para-hydroxylation sites is 2. The Morgan fingerprint density at radius 2 is 1.52 bits per heavy atom. The van der Waals surface area contributed by atoms with Gasteiger partial charge in [0.25, 0.3) is 11.8 Å². The van der Waals surface area contributed by atoms with Crippen LogP contribution in [0.5, 0.6) is 5.75 Å². The van der Waals surface area contributed by atoms with Crippen molar-refractivity contribution >= 4 is 41.0 Å². The average molecular weight is 434 g/mol. The van der Waals surface area contributed by atoms with Crippen LogP contribution in [-0.4, -0.2) is 79.5 Å². The van der Waals surface area contributed by atoms with Crippen LogP contribution < -0.4 is 9.64 Å². The minimum Gasteiger partial charge on any atom is -0.495 e. The number of hydrogen-bond acceptors (Lipinski definition) is 7. The molecule has 4 rings (SSSR count). The number of thioether (sulfide) groups is 2. The number of benzene rings is 1. The predicted octanol–water partition coefficient (Wildman–Crippen LogP) is 2.66. The Bertz CT molecular complexity index is 778. The number of ether oxygens (including phenoxy) is 1. The van der Waals surface area contributed by atoms with E-state index in [1.807, 2.05) is 12.1 Å². The molecule has 0 aromatic heterocycles. The van der Waals surface area contributed by atoms with Gasteiger partial charge in [-0.1, -0.05) is 12.1 Å². The Kier molecular flexibility index (Phi) is 6.72. The molecule has 0 spiro atoms. The fourth-order valence-corrected chi connectivity index (χ4v) is 6.32. The van der Waals surface area contributed by atoms with Gasteiger partial charge < -0.3 is 9.64 Å². The van der Waals surface area contributed by atoms with Crippen molar-refractivity contribution in [3.63, 3.8) is 0 Å². The first-order chi connectivity index (χ1) is 14.2. The fourth-order valence-electron chi connectivity index (χ4n) is 3.99. The largest absolute Gasteiger partial charge is 0.495 e. The summed E-state index contributed by atoms with van der Waals surface area (Å²) in [5.41, 5.74) is 1.16. The molecule has 1 fully saturated rings. The number of carbonyl (C=O) groups is 2. The zero-order valence-corrected chi connectivity index (χ0v) is 18.4. The normalized spacial score (nSPS) is 20.4. The minimum absolute atomic E-state index is 0.0763. The second kappa shape index (κ2) is 9.45. The molecule has 0 atom stereocenters. The lowest BCUT2D eigenvalue weighted by atomic mass is 10.2. The average Bonchev–Trinajstić information content (AvgIpc) is 3.02. The van der Waals surface area contributed by atoms with E-state index in [-0.39, 0.29) is 11.8 Å². The number of carbonyl (C=O) groups excluding carboxylic acids is 2. The molecule has 2 amide bonds. The Balaban J connectivity index is 1.19. The van der Waals surface area contributed by atoms with Gasteiger partial charge in [0.2, 0.25) is 0 Å². The number of nitrogens with zero attached hydrogens (tertiary/aromatic N) is 3. The summed E-state index contributed by atoms with van der Waals surface area (Å²) in [6.45, 7) is 5.54. The number of imide groups is 1. The summed E-state index contributed by atoms with van der Waals surface area (Å²) in [4.78, 5) is 32.6. The predicted molar refractivity (Wildman–Crippen MR) is 120 cm³/mol. The quantitative estimate of drug-likeness (QED) is 0.484. The van der Waals surface area contributed by atoms with E-state index in [0.29, 0.717) is 16.4 Å². The third-order valence-electron chi connectivity index (χ3n) is 5.57. The number of piperazine rings is 1. The van der Waals surface area contributed by atoms with Gasteiger partial charge in [-0.3, -0.25) is 19.4 Å². The summed E-state index contributed by atoms with van der Waals surface area (Å²) in [6.07, 6.45) is 1.86. The van der Waals surface area contributed by atoms with E-state index in [0.717, 1.165) is 68.5 Å². The van der Waals surface area contributed by atoms with Crippen molar-refractivity contribution in [2.45, 2.75) is 12.8 Å². The fraction of sp³-hybridized carbons (Fsp3) is 0.524. The lowest BCUT2D eigenvalue weighted by Gasteiger charge is -2.36. The molecule has 0 N–H and O–H groups in total. The van der Waals surface area contributed by atoms with Crippen LogP contribution in [0.15, 0.2) is 34.1 Å². The van der Waals surface area contributed by atoms with Crippen LogP contribution in [0.25, 0.3) is 0 Å². The molecule has 6 nitrogen and oxygen atoms in total. The van der Waals surface area contributed by atoms with E-state index in [2.05, 4.69) is 21.9 Å².